The summed E-state index contributed by atoms with van der Waals surface area (Å²) in [6.07, 6.45) is 0. The highest BCUT2D eigenvalue weighted by Gasteiger charge is 2.13. The fourth-order valence-electron chi connectivity index (χ4n) is 1.68. The van der Waals surface area contributed by atoms with E-state index in [1.807, 2.05) is 36.6 Å². The van der Waals surface area contributed by atoms with Crippen molar-refractivity contribution in [2.45, 2.75) is 13.0 Å². The number of thiazole rings is 1. The second kappa shape index (κ2) is 4.31. The topological polar surface area (TPSA) is 60.9 Å². The highest BCUT2D eigenvalue weighted by molar-refractivity contribution is 7.17. The normalized spacial score (nSPS) is 13.0. The Balaban J connectivity index is 2.19. The SMILES string of the molecule is CC(N)c1csc(-n2sc3ccccc3c2=O)n1. The van der Waals surface area contributed by atoms with Crippen molar-refractivity contribution < 1.29 is 0 Å². The van der Waals surface area contributed by atoms with Crippen molar-refractivity contribution in [1.29, 1.82) is 0 Å². The van der Waals surface area contributed by atoms with E-state index < -0.39 is 0 Å². The molecule has 0 spiro atoms. The molecule has 1 unspecified atom stereocenters. The van der Waals surface area contributed by atoms with Crippen LogP contribution in [-0.2, 0) is 0 Å². The molecular weight excluding hydrogens is 266 g/mol. The molecular formula is C12H11N3OS2. The van der Waals surface area contributed by atoms with Crippen molar-refractivity contribution >= 4 is 33.0 Å². The van der Waals surface area contributed by atoms with Crippen molar-refractivity contribution in [2.75, 3.05) is 0 Å². The molecule has 1 atom stereocenters. The van der Waals surface area contributed by atoms with Crippen LogP contribution < -0.4 is 11.3 Å². The van der Waals surface area contributed by atoms with Gasteiger partial charge in [0.2, 0.25) is 5.13 Å². The Kier molecular flexibility index (Phi) is 2.77. The number of nitrogens with two attached hydrogens (primary N) is 1. The molecule has 1 aromatic carbocycles. The number of nitrogens with zero attached hydrogens (tertiary/aromatic N) is 2. The van der Waals surface area contributed by atoms with Gasteiger partial charge in [-0.1, -0.05) is 12.1 Å². The summed E-state index contributed by atoms with van der Waals surface area (Å²) in [5, 5.41) is 3.32. The Morgan fingerprint density at radius 3 is 2.83 bits per heavy atom. The fraction of sp³-hybridized carbons (Fsp3) is 0.167. The summed E-state index contributed by atoms with van der Waals surface area (Å²) in [6.45, 7) is 1.88. The summed E-state index contributed by atoms with van der Waals surface area (Å²) in [6, 6.07) is 7.47. The van der Waals surface area contributed by atoms with Crippen molar-refractivity contribution in [3.05, 3.63) is 45.7 Å². The van der Waals surface area contributed by atoms with Gasteiger partial charge in [0.25, 0.3) is 5.56 Å². The molecule has 0 aliphatic carbocycles. The first-order chi connectivity index (χ1) is 8.66. The molecule has 2 aromatic heterocycles. The van der Waals surface area contributed by atoms with Gasteiger partial charge < -0.3 is 5.73 Å². The van der Waals surface area contributed by atoms with E-state index in [0.717, 1.165) is 15.8 Å². The third-order valence-corrected chi connectivity index (χ3v) is 4.68. The standard InChI is InChI=1S/C12H11N3OS2/c1-7(13)9-6-17-12(14-9)15-11(16)8-4-2-3-5-10(8)18-15/h2-7H,13H2,1H3. The van der Waals surface area contributed by atoms with Crippen LogP contribution in [0.3, 0.4) is 0 Å². The minimum absolute atomic E-state index is 0.0128. The average molecular weight is 277 g/mol. The third kappa shape index (κ3) is 1.78. The van der Waals surface area contributed by atoms with Crippen molar-refractivity contribution in [2.24, 2.45) is 5.73 Å². The van der Waals surface area contributed by atoms with E-state index in [4.69, 9.17) is 5.73 Å². The summed E-state index contributed by atoms with van der Waals surface area (Å²) in [5.41, 5.74) is 6.58. The number of benzene rings is 1. The van der Waals surface area contributed by atoms with Crippen molar-refractivity contribution in [3.63, 3.8) is 0 Å². The molecule has 2 heterocycles. The molecule has 3 aromatic rings. The number of hydrogen-bond acceptors (Lipinski definition) is 5. The molecule has 0 aliphatic heterocycles. The van der Waals surface area contributed by atoms with Crippen molar-refractivity contribution in [3.8, 4) is 5.13 Å². The monoisotopic (exact) mass is 277 g/mol. The second-order valence-corrected chi connectivity index (χ2v) is 5.85. The largest absolute Gasteiger partial charge is 0.323 e. The lowest BCUT2D eigenvalue weighted by atomic mass is 10.3. The minimum atomic E-state index is -0.111. The van der Waals surface area contributed by atoms with Crippen molar-refractivity contribution in [1.82, 2.24) is 8.94 Å². The zero-order valence-corrected chi connectivity index (χ0v) is 11.3. The van der Waals surface area contributed by atoms with Crippen LogP contribution in [0.25, 0.3) is 15.2 Å². The maximum Gasteiger partial charge on any atom is 0.275 e. The van der Waals surface area contributed by atoms with Gasteiger partial charge in [-0.15, -0.1) is 11.3 Å². The predicted octanol–water partition coefficient (Wildman–Crippen LogP) is 2.53. The van der Waals surface area contributed by atoms with Gasteiger partial charge >= 0.3 is 0 Å². The molecule has 0 fully saturated rings. The van der Waals surface area contributed by atoms with E-state index in [-0.39, 0.29) is 11.6 Å². The smallest absolute Gasteiger partial charge is 0.275 e. The lowest BCUT2D eigenvalue weighted by Crippen LogP contribution is -2.11. The minimum Gasteiger partial charge on any atom is -0.323 e. The predicted molar refractivity (Wildman–Crippen MR) is 75.7 cm³/mol. The van der Waals surface area contributed by atoms with Gasteiger partial charge in [0.1, 0.15) is 0 Å². The van der Waals surface area contributed by atoms with Crippen LogP contribution >= 0.6 is 22.9 Å². The average Bonchev–Trinajstić information content (AvgIpc) is 2.95. The molecule has 0 radical (unpaired) electrons. The van der Waals surface area contributed by atoms with E-state index in [1.165, 1.54) is 22.9 Å². The molecule has 2 N–H and O–H groups in total. The Morgan fingerprint density at radius 2 is 2.17 bits per heavy atom. The summed E-state index contributed by atoms with van der Waals surface area (Å²) in [4.78, 5) is 16.6. The zero-order chi connectivity index (χ0) is 12.7. The molecule has 0 saturated heterocycles. The van der Waals surface area contributed by atoms with Crippen LogP contribution in [-0.4, -0.2) is 8.94 Å². The number of rotatable bonds is 2. The molecule has 0 bridgehead atoms. The quantitative estimate of drug-likeness (QED) is 0.783. The Labute approximate surface area is 111 Å². The van der Waals surface area contributed by atoms with Gasteiger partial charge in [-0.05, 0) is 30.6 Å². The highest BCUT2D eigenvalue weighted by Crippen LogP contribution is 2.23. The highest BCUT2D eigenvalue weighted by atomic mass is 32.1. The molecule has 18 heavy (non-hydrogen) atoms. The van der Waals surface area contributed by atoms with Crippen LogP contribution in [0.5, 0.6) is 0 Å². The Bertz CT molecular complexity index is 754. The van der Waals surface area contributed by atoms with E-state index in [0.29, 0.717) is 5.13 Å². The van der Waals surface area contributed by atoms with Gasteiger partial charge in [-0.3, -0.25) is 4.79 Å². The Hall–Kier alpha value is -1.50. The second-order valence-electron chi connectivity index (χ2n) is 4.03. The lowest BCUT2D eigenvalue weighted by Gasteiger charge is -1.97. The van der Waals surface area contributed by atoms with Gasteiger partial charge in [-0.2, -0.15) is 0 Å². The molecule has 4 nitrogen and oxygen atoms in total. The summed E-state index contributed by atoms with van der Waals surface area (Å²) < 4.78 is 2.60. The van der Waals surface area contributed by atoms with Crippen LogP contribution in [0.2, 0.25) is 0 Å². The maximum absolute atomic E-state index is 12.2. The maximum atomic E-state index is 12.2. The van der Waals surface area contributed by atoms with Crippen LogP contribution in [0, 0.1) is 0 Å². The zero-order valence-electron chi connectivity index (χ0n) is 9.66. The molecule has 6 heteroatoms. The fourth-order valence-corrected chi connectivity index (χ4v) is 3.64. The van der Waals surface area contributed by atoms with E-state index in [2.05, 4.69) is 4.98 Å². The first-order valence-electron chi connectivity index (χ1n) is 5.49. The molecule has 92 valence electrons. The molecule has 0 amide bonds. The summed E-state index contributed by atoms with van der Waals surface area (Å²) in [5.74, 6) is 0. The van der Waals surface area contributed by atoms with E-state index in [9.17, 15) is 4.79 Å². The number of fused-ring (bicyclic) bond motifs is 1. The first-order valence-corrected chi connectivity index (χ1v) is 7.14. The van der Waals surface area contributed by atoms with E-state index in [1.54, 1.807) is 3.96 Å². The third-order valence-electron chi connectivity index (χ3n) is 2.64. The van der Waals surface area contributed by atoms with Gasteiger partial charge in [0.05, 0.1) is 15.8 Å². The van der Waals surface area contributed by atoms with E-state index >= 15 is 0 Å². The van der Waals surface area contributed by atoms with Crippen LogP contribution in [0.15, 0.2) is 34.4 Å². The summed E-state index contributed by atoms with van der Waals surface area (Å²) >= 11 is 2.86. The molecule has 0 saturated carbocycles. The van der Waals surface area contributed by atoms with Crippen LogP contribution in [0.4, 0.5) is 0 Å². The molecule has 0 aliphatic rings. The Morgan fingerprint density at radius 1 is 1.39 bits per heavy atom. The lowest BCUT2D eigenvalue weighted by molar-refractivity contribution is 0.785. The summed E-state index contributed by atoms with van der Waals surface area (Å²) in [7, 11) is 0. The first kappa shape index (κ1) is 11.6. The number of hydrogen-bond donors (Lipinski definition) is 1. The van der Waals surface area contributed by atoms with Crippen LogP contribution in [0.1, 0.15) is 18.7 Å². The number of aromatic nitrogens is 2. The van der Waals surface area contributed by atoms with Gasteiger partial charge in [0, 0.05) is 11.4 Å². The molecule has 3 rings (SSSR count). The van der Waals surface area contributed by atoms with Gasteiger partial charge in [-0.25, -0.2) is 8.94 Å². The van der Waals surface area contributed by atoms with Gasteiger partial charge in [0.15, 0.2) is 0 Å².